The first-order chi connectivity index (χ1) is 8.45. The average molecular weight is 257 g/mol. The van der Waals surface area contributed by atoms with Gasteiger partial charge in [-0.1, -0.05) is 37.3 Å². The second kappa shape index (κ2) is 6.44. The van der Waals surface area contributed by atoms with Crippen molar-refractivity contribution in [1.29, 1.82) is 0 Å². The predicted molar refractivity (Wildman–Crippen MR) is 64.7 cm³/mol. The van der Waals surface area contributed by atoms with Crippen molar-refractivity contribution in [2.45, 2.75) is 19.3 Å². The summed E-state index contributed by atoms with van der Waals surface area (Å²) in [5.41, 5.74) is -0.0428. The fourth-order valence-corrected chi connectivity index (χ4v) is 1.66. The maximum atomic E-state index is 13.9. The van der Waals surface area contributed by atoms with Gasteiger partial charge in [0.25, 0.3) is 5.92 Å². The molecule has 0 aliphatic rings. The number of carbonyl (C=O) groups is 1. The number of likely N-dealkylation sites (N-methyl/N-ethyl adjacent to an activating group) is 1. The summed E-state index contributed by atoms with van der Waals surface area (Å²) in [7, 11) is 0. The molecule has 0 aliphatic carbocycles. The van der Waals surface area contributed by atoms with E-state index in [0.717, 1.165) is 0 Å². The number of rotatable bonds is 7. The second-order valence-electron chi connectivity index (χ2n) is 4.08. The Hall–Kier alpha value is -1.49. The summed E-state index contributed by atoms with van der Waals surface area (Å²) in [4.78, 5) is 11.9. The summed E-state index contributed by atoms with van der Waals surface area (Å²) in [6.07, 6.45) is -0.126. The third-order valence-electron chi connectivity index (χ3n) is 2.71. The smallest absolute Gasteiger partial charge is 0.304 e. The Morgan fingerprint density at radius 3 is 2.44 bits per heavy atom. The summed E-state index contributed by atoms with van der Waals surface area (Å²) in [6, 6.07) is 7.57. The molecule has 0 unspecified atom stereocenters. The van der Waals surface area contributed by atoms with Crippen molar-refractivity contribution in [2.75, 3.05) is 19.6 Å². The van der Waals surface area contributed by atoms with Gasteiger partial charge in [-0.15, -0.1) is 0 Å². The van der Waals surface area contributed by atoms with Crippen LogP contribution in [0.4, 0.5) is 8.78 Å². The lowest BCUT2D eigenvalue weighted by Gasteiger charge is -2.26. The van der Waals surface area contributed by atoms with Gasteiger partial charge in [0.1, 0.15) is 0 Å². The van der Waals surface area contributed by atoms with Crippen molar-refractivity contribution in [3.63, 3.8) is 0 Å². The molecule has 0 radical (unpaired) electrons. The molecule has 0 aliphatic heterocycles. The van der Waals surface area contributed by atoms with E-state index in [1.807, 2.05) is 0 Å². The molecule has 0 saturated heterocycles. The summed E-state index contributed by atoms with van der Waals surface area (Å²) in [6.45, 7) is 1.81. The van der Waals surface area contributed by atoms with Crippen molar-refractivity contribution in [3.8, 4) is 0 Å². The first-order valence-electron chi connectivity index (χ1n) is 5.83. The lowest BCUT2D eigenvalue weighted by molar-refractivity contribution is -0.137. The van der Waals surface area contributed by atoms with Gasteiger partial charge in [0.2, 0.25) is 0 Å². The summed E-state index contributed by atoms with van der Waals surface area (Å²) >= 11 is 0. The zero-order chi connectivity index (χ0) is 13.6. The quantitative estimate of drug-likeness (QED) is 0.816. The fraction of sp³-hybridized carbons (Fsp3) is 0.462. The Morgan fingerprint density at radius 1 is 1.33 bits per heavy atom. The van der Waals surface area contributed by atoms with Crippen LogP contribution in [0.15, 0.2) is 30.3 Å². The van der Waals surface area contributed by atoms with Crippen LogP contribution >= 0.6 is 0 Å². The first-order valence-corrected chi connectivity index (χ1v) is 5.83. The number of hydrogen-bond acceptors (Lipinski definition) is 2. The standard InChI is InChI=1S/C13H17F2NO2/c1-2-16(9-8-12(17)18)10-13(14,15)11-6-4-3-5-7-11/h3-7H,2,8-10H2,1H3,(H,17,18). The van der Waals surface area contributed by atoms with Gasteiger partial charge in [0.15, 0.2) is 0 Å². The van der Waals surface area contributed by atoms with Gasteiger partial charge in [-0.25, -0.2) is 0 Å². The Balaban J connectivity index is 2.65. The number of hydrogen-bond donors (Lipinski definition) is 1. The van der Waals surface area contributed by atoms with Crippen LogP contribution in [0.3, 0.4) is 0 Å². The normalized spacial score (nSPS) is 11.8. The van der Waals surface area contributed by atoms with E-state index >= 15 is 0 Å². The Labute approximate surface area is 105 Å². The molecule has 1 aromatic rings. The molecule has 1 N–H and O–H groups in total. The highest BCUT2D eigenvalue weighted by molar-refractivity contribution is 5.66. The minimum Gasteiger partial charge on any atom is -0.481 e. The molecule has 0 heterocycles. The average Bonchev–Trinajstić information content (AvgIpc) is 2.35. The van der Waals surface area contributed by atoms with Crippen LogP contribution in [0, 0.1) is 0 Å². The summed E-state index contributed by atoms with van der Waals surface area (Å²) in [5.74, 6) is -3.94. The molecular weight excluding hydrogens is 240 g/mol. The molecule has 0 fully saturated rings. The van der Waals surface area contributed by atoms with Crippen LogP contribution < -0.4 is 0 Å². The van der Waals surface area contributed by atoms with Crippen molar-refractivity contribution in [1.82, 2.24) is 4.90 Å². The molecule has 0 atom stereocenters. The predicted octanol–water partition coefficient (Wildman–Crippen LogP) is 2.58. The van der Waals surface area contributed by atoms with Crippen molar-refractivity contribution < 1.29 is 18.7 Å². The molecule has 18 heavy (non-hydrogen) atoms. The molecule has 0 amide bonds. The highest BCUT2D eigenvalue weighted by Crippen LogP contribution is 2.28. The topological polar surface area (TPSA) is 40.5 Å². The molecule has 1 rings (SSSR count). The fourth-order valence-electron chi connectivity index (χ4n) is 1.66. The zero-order valence-corrected chi connectivity index (χ0v) is 10.3. The third kappa shape index (κ3) is 4.41. The van der Waals surface area contributed by atoms with Gasteiger partial charge in [-0.05, 0) is 6.54 Å². The number of aliphatic carboxylic acids is 1. The van der Waals surface area contributed by atoms with Crippen molar-refractivity contribution in [2.24, 2.45) is 0 Å². The number of alkyl halides is 2. The number of nitrogens with zero attached hydrogens (tertiary/aromatic N) is 1. The molecule has 5 heteroatoms. The number of halogens is 2. The molecule has 0 aromatic heterocycles. The highest BCUT2D eigenvalue weighted by atomic mass is 19.3. The maximum Gasteiger partial charge on any atom is 0.304 e. The van der Waals surface area contributed by atoms with Gasteiger partial charge in [0.05, 0.1) is 13.0 Å². The van der Waals surface area contributed by atoms with Crippen LogP contribution in [0.5, 0.6) is 0 Å². The number of carboxylic acid groups (broad SMARTS) is 1. The zero-order valence-electron chi connectivity index (χ0n) is 10.3. The summed E-state index contributed by atoms with van der Waals surface area (Å²) in [5, 5.41) is 8.56. The lowest BCUT2D eigenvalue weighted by Crippen LogP contribution is -2.36. The van der Waals surface area contributed by atoms with Gasteiger partial charge in [0, 0.05) is 12.1 Å². The lowest BCUT2D eigenvalue weighted by atomic mass is 10.1. The SMILES string of the molecule is CCN(CCC(=O)O)CC(F)(F)c1ccccc1. The van der Waals surface area contributed by atoms with Gasteiger partial charge in [-0.3, -0.25) is 9.69 Å². The monoisotopic (exact) mass is 257 g/mol. The van der Waals surface area contributed by atoms with E-state index in [2.05, 4.69) is 0 Å². The van der Waals surface area contributed by atoms with Crippen molar-refractivity contribution >= 4 is 5.97 Å². The molecule has 0 bridgehead atoms. The molecule has 3 nitrogen and oxygen atoms in total. The molecule has 0 spiro atoms. The second-order valence-corrected chi connectivity index (χ2v) is 4.08. The van der Waals surface area contributed by atoms with E-state index in [-0.39, 0.29) is 18.5 Å². The Kier molecular flexibility index (Phi) is 5.22. The molecule has 100 valence electrons. The van der Waals surface area contributed by atoms with Crippen molar-refractivity contribution in [3.05, 3.63) is 35.9 Å². The van der Waals surface area contributed by atoms with E-state index in [1.54, 1.807) is 25.1 Å². The van der Waals surface area contributed by atoms with Crippen LogP contribution in [-0.2, 0) is 10.7 Å². The van der Waals surface area contributed by atoms with E-state index in [9.17, 15) is 13.6 Å². The minimum absolute atomic E-state index is 0.0428. The van der Waals surface area contributed by atoms with Crippen LogP contribution in [-0.4, -0.2) is 35.6 Å². The highest BCUT2D eigenvalue weighted by Gasteiger charge is 2.33. The van der Waals surface area contributed by atoms with E-state index < -0.39 is 18.4 Å². The third-order valence-corrected chi connectivity index (χ3v) is 2.71. The minimum atomic E-state index is -2.96. The molecule has 1 aromatic carbocycles. The molecular formula is C13H17F2NO2. The summed E-state index contributed by atoms with van der Waals surface area (Å²) < 4.78 is 27.9. The van der Waals surface area contributed by atoms with E-state index in [0.29, 0.717) is 6.54 Å². The van der Waals surface area contributed by atoms with E-state index in [1.165, 1.54) is 17.0 Å². The van der Waals surface area contributed by atoms with Crippen LogP contribution in [0.2, 0.25) is 0 Å². The Morgan fingerprint density at radius 2 is 1.94 bits per heavy atom. The Bertz CT molecular complexity index is 382. The van der Waals surface area contributed by atoms with E-state index in [4.69, 9.17) is 5.11 Å². The van der Waals surface area contributed by atoms with Crippen LogP contribution in [0.1, 0.15) is 18.9 Å². The van der Waals surface area contributed by atoms with Crippen LogP contribution in [0.25, 0.3) is 0 Å². The first kappa shape index (κ1) is 14.6. The van der Waals surface area contributed by atoms with Gasteiger partial charge >= 0.3 is 5.97 Å². The maximum absolute atomic E-state index is 13.9. The van der Waals surface area contributed by atoms with Gasteiger partial charge < -0.3 is 5.11 Å². The largest absolute Gasteiger partial charge is 0.481 e. The number of benzene rings is 1. The molecule has 0 saturated carbocycles. The van der Waals surface area contributed by atoms with Gasteiger partial charge in [-0.2, -0.15) is 8.78 Å². The number of carboxylic acids is 1.